The monoisotopic (exact) mass is 275 g/mol. The fourth-order valence-corrected chi connectivity index (χ4v) is 2.24. The predicted molar refractivity (Wildman–Crippen MR) is 78.6 cm³/mol. The van der Waals surface area contributed by atoms with Gasteiger partial charge in [-0.3, -0.25) is 4.79 Å². The number of nitrogens with one attached hydrogen (secondary N) is 1. The van der Waals surface area contributed by atoms with Crippen molar-refractivity contribution in [2.45, 2.75) is 32.9 Å². The number of rotatable bonds is 6. The van der Waals surface area contributed by atoms with Crippen molar-refractivity contribution in [3.63, 3.8) is 0 Å². The average Bonchev–Trinajstić information content (AvgIpc) is 2.74. The molecule has 20 heavy (non-hydrogen) atoms. The molecule has 2 rings (SSSR count). The third-order valence-electron chi connectivity index (χ3n) is 3.05. The van der Waals surface area contributed by atoms with Crippen LogP contribution < -0.4 is 5.32 Å². The zero-order valence-electron chi connectivity index (χ0n) is 12.2. The minimum absolute atomic E-state index is 0.0367. The number of methoxy groups -OCH3 is 1. The fraction of sp³-hybridized carbons (Fsp3) is 0.467. The van der Waals surface area contributed by atoms with Gasteiger partial charge in [0.1, 0.15) is 5.65 Å². The van der Waals surface area contributed by atoms with E-state index in [9.17, 15) is 4.79 Å². The van der Waals surface area contributed by atoms with Gasteiger partial charge in [0.2, 0.25) is 5.91 Å². The number of pyridine rings is 1. The number of hydrogen-bond donors (Lipinski definition) is 1. The first-order valence-electron chi connectivity index (χ1n) is 6.83. The minimum Gasteiger partial charge on any atom is -0.383 e. The molecule has 1 N–H and O–H groups in total. The van der Waals surface area contributed by atoms with Crippen LogP contribution in [0, 0.1) is 0 Å². The fourth-order valence-electron chi connectivity index (χ4n) is 2.24. The summed E-state index contributed by atoms with van der Waals surface area (Å²) in [7, 11) is 1.68. The van der Waals surface area contributed by atoms with E-state index in [0.717, 1.165) is 23.1 Å². The molecule has 0 atom stereocenters. The van der Waals surface area contributed by atoms with E-state index >= 15 is 0 Å². The lowest BCUT2D eigenvalue weighted by atomic mass is 10.1. The molecule has 0 fully saturated rings. The average molecular weight is 275 g/mol. The van der Waals surface area contributed by atoms with Gasteiger partial charge in [-0.1, -0.05) is 0 Å². The smallest absolute Gasteiger partial charge is 0.224 e. The van der Waals surface area contributed by atoms with Gasteiger partial charge in [0, 0.05) is 37.5 Å². The molecule has 2 heterocycles. The van der Waals surface area contributed by atoms with Gasteiger partial charge in [-0.25, -0.2) is 4.98 Å². The quantitative estimate of drug-likeness (QED) is 0.874. The summed E-state index contributed by atoms with van der Waals surface area (Å²) < 4.78 is 7.15. The number of carbonyl (C=O) groups excluding carboxylic acids is 1. The molecule has 2 aromatic rings. The molecule has 0 saturated carbocycles. The molecule has 0 saturated heterocycles. The molecule has 0 aliphatic carbocycles. The number of carbonyl (C=O) groups is 1. The Bertz CT molecular complexity index is 590. The Hall–Kier alpha value is -1.88. The van der Waals surface area contributed by atoms with Crippen LogP contribution in [0.3, 0.4) is 0 Å². The van der Waals surface area contributed by atoms with Gasteiger partial charge < -0.3 is 14.6 Å². The van der Waals surface area contributed by atoms with Gasteiger partial charge in [0.25, 0.3) is 0 Å². The van der Waals surface area contributed by atoms with Crippen molar-refractivity contribution in [1.29, 1.82) is 0 Å². The first-order chi connectivity index (χ1) is 9.61. The highest BCUT2D eigenvalue weighted by molar-refractivity contribution is 5.87. The van der Waals surface area contributed by atoms with Gasteiger partial charge in [-0.15, -0.1) is 0 Å². The molecule has 0 unspecified atom stereocenters. The molecule has 0 aliphatic heterocycles. The van der Waals surface area contributed by atoms with Crippen molar-refractivity contribution in [2.24, 2.45) is 0 Å². The Morgan fingerprint density at radius 3 is 3.00 bits per heavy atom. The predicted octanol–water partition coefficient (Wildman–Crippen LogP) is 1.75. The lowest BCUT2D eigenvalue weighted by Gasteiger charge is -2.07. The first kappa shape index (κ1) is 14.5. The molecule has 5 heteroatoms. The van der Waals surface area contributed by atoms with Gasteiger partial charge >= 0.3 is 0 Å². The van der Waals surface area contributed by atoms with Gasteiger partial charge in [-0.2, -0.15) is 0 Å². The number of amides is 1. The van der Waals surface area contributed by atoms with E-state index < -0.39 is 0 Å². The van der Waals surface area contributed by atoms with Crippen LogP contribution in [0.15, 0.2) is 24.5 Å². The van der Waals surface area contributed by atoms with Crippen molar-refractivity contribution in [2.75, 3.05) is 13.7 Å². The van der Waals surface area contributed by atoms with Crippen molar-refractivity contribution in [1.82, 2.24) is 14.9 Å². The normalized spacial score (nSPS) is 11.2. The van der Waals surface area contributed by atoms with Crippen LogP contribution in [0.2, 0.25) is 0 Å². The van der Waals surface area contributed by atoms with Crippen molar-refractivity contribution >= 4 is 16.9 Å². The van der Waals surface area contributed by atoms with Crippen molar-refractivity contribution in [3.05, 3.63) is 30.1 Å². The molecule has 0 bridgehead atoms. The Kier molecular flexibility index (Phi) is 4.74. The number of hydrogen-bond acceptors (Lipinski definition) is 3. The summed E-state index contributed by atoms with van der Waals surface area (Å²) >= 11 is 0. The van der Waals surface area contributed by atoms with Crippen LogP contribution in [-0.4, -0.2) is 35.2 Å². The molecule has 0 aliphatic rings. The summed E-state index contributed by atoms with van der Waals surface area (Å²) in [5.74, 6) is 0.0367. The molecular weight excluding hydrogens is 254 g/mol. The third-order valence-corrected chi connectivity index (χ3v) is 3.05. The van der Waals surface area contributed by atoms with Crippen LogP contribution in [0.5, 0.6) is 0 Å². The highest BCUT2D eigenvalue weighted by Crippen LogP contribution is 2.19. The zero-order chi connectivity index (χ0) is 14.5. The van der Waals surface area contributed by atoms with Gasteiger partial charge in [-0.05, 0) is 31.5 Å². The first-order valence-corrected chi connectivity index (χ1v) is 6.83. The Morgan fingerprint density at radius 1 is 1.50 bits per heavy atom. The maximum atomic E-state index is 11.9. The van der Waals surface area contributed by atoms with E-state index in [4.69, 9.17) is 4.74 Å². The van der Waals surface area contributed by atoms with Gasteiger partial charge in [0.05, 0.1) is 13.0 Å². The van der Waals surface area contributed by atoms with E-state index in [1.165, 1.54) is 0 Å². The minimum atomic E-state index is 0.0367. The van der Waals surface area contributed by atoms with E-state index in [1.54, 1.807) is 13.3 Å². The van der Waals surface area contributed by atoms with Crippen LogP contribution >= 0.6 is 0 Å². The number of ether oxygens (including phenoxy) is 1. The Balaban J connectivity index is 2.26. The summed E-state index contributed by atoms with van der Waals surface area (Å²) in [6.07, 6.45) is 4.14. The van der Waals surface area contributed by atoms with E-state index in [0.29, 0.717) is 13.0 Å². The largest absolute Gasteiger partial charge is 0.383 e. The molecular formula is C15H21N3O2. The second-order valence-electron chi connectivity index (χ2n) is 5.11. The molecule has 5 nitrogen and oxygen atoms in total. The highest BCUT2D eigenvalue weighted by atomic mass is 16.5. The van der Waals surface area contributed by atoms with Crippen LogP contribution in [0.25, 0.3) is 11.0 Å². The maximum absolute atomic E-state index is 11.9. The second-order valence-corrected chi connectivity index (χ2v) is 5.11. The lowest BCUT2D eigenvalue weighted by Crippen LogP contribution is -2.31. The molecule has 0 radical (unpaired) electrons. The SMILES string of the molecule is COCCn1cc(CC(=O)NC(C)C)c2cccnc21. The molecule has 0 aromatic carbocycles. The summed E-state index contributed by atoms with van der Waals surface area (Å²) in [5, 5.41) is 3.95. The third kappa shape index (κ3) is 3.36. The highest BCUT2D eigenvalue weighted by Gasteiger charge is 2.13. The summed E-state index contributed by atoms with van der Waals surface area (Å²) in [4.78, 5) is 16.3. The topological polar surface area (TPSA) is 56.1 Å². The standard InChI is InChI=1S/C15H21N3O2/c1-11(2)17-14(19)9-12-10-18(7-8-20-3)15-13(12)5-4-6-16-15/h4-6,10-11H,7-9H2,1-3H3,(H,17,19). The van der Waals surface area contributed by atoms with Crippen molar-refractivity contribution in [3.8, 4) is 0 Å². The van der Waals surface area contributed by atoms with E-state index in [1.807, 2.05) is 36.7 Å². The summed E-state index contributed by atoms with van der Waals surface area (Å²) in [5.41, 5.74) is 1.90. The van der Waals surface area contributed by atoms with Crippen LogP contribution in [-0.2, 0) is 22.5 Å². The van der Waals surface area contributed by atoms with Gasteiger partial charge in [0.15, 0.2) is 0 Å². The van der Waals surface area contributed by atoms with Crippen molar-refractivity contribution < 1.29 is 9.53 Å². The number of nitrogens with zero attached hydrogens (tertiary/aromatic N) is 2. The van der Waals surface area contributed by atoms with Crippen LogP contribution in [0.1, 0.15) is 19.4 Å². The number of aromatic nitrogens is 2. The summed E-state index contributed by atoms with van der Waals surface area (Å²) in [6, 6.07) is 4.05. The lowest BCUT2D eigenvalue weighted by molar-refractivity contribution is -0.120. The molecule has 2 aromatic heterocycles. The molecule has 0 spiro atoms. The number of fused-ring (bicyclic) bond motifs is 1. The Morgan fingerprint density at radius 2 is 2.30 bits per heavy atom. The molecule has 108 valence electrons. The maximum Gasteiger partial charge on any atom is 0.224 e. The van der Waals surface area contributed by atoms with E-state index in [2.05, 4.69) is 10.3 Å². The Labute approximate surface area is 118 Å². The second kappa shape index (κ2) is 6.52. The molecule has 1 amide bonds. The van der Waals surface area contributed by atoms with E-state index in [-0.39, 0.29) is 11.9 Å². The summed E-state index contributed by atoms with van der Waals surface area (Å²) in [6.45, 7) is 5.27. The van der Waals surface area contributed by atoms with Crippen LogP contribution in [0.4, 0.5) is 0 Å². The zero-order valence-corrected chi connectivity index (χ0v) is 12.2.